The number of ether oxygens (including phenoxy) is 1. The molecule has 0 aliphatic rings. The van der Waals surface area contributed by atoms with Gasteiger partial charge in [0.15, 0.2) is 0 Å². The normalized spacial score (nSPS) is 17.1. The van der Waals surface area contributed by atoms with E-state index in [4.69, 9.17) is 4.74 Å². The molecule has 0 bridgehead atoms. The Labute approximate surface area is 101 Å². The molecule has 2 unspecified atom stereocenters. The van der Waals surface area contributed by atoms with Crippen molar-refractivity contribution in [3.63, 3.8) is 0 Å². The largest absolute Gasteiger partial charge is 0.394 e. The first-order valence-corrected chi connectivity index (χ1v) is 6.51. The molecule has 3 heteroatoms. The van der Waals surface area contributed by atoms with E-state index < -0.39 is 0 Å². The van der Waals surface area contributed by atoms with Crippen LogP contribution in [-0.2, 0) is 4.74 Å². The summed E-state index contributed by atoms with van der Waals surface area (Å²) in [6.45, 7) is 10.9. The van der Waals surface area contributed by atoms with Gasteiger partial charge in [-0.2, -0.15) is 0 Å². The van der Waals surface area contributed by atoms with Crippen molar-refractivity contribution in [2.45, 2.75) is 52.5 Å². The highest BCUT2D eigenvalue weighted by Gasteiger charge is 2.22. The van der Waals surface area contributed by atoms with Gasteiger partial charge in [-0.25, -0.2) is 0 Å². The van der Waals surface area contributed by atoms with E-state index in [9.17, 15) is 5.11 Å². The summed E-state index contributed by atoms with van der Waals surface area (Å²) in [4.78, 5) is 0. The van der Waals surface area contributed by atoms with E-state index in [2.05, 4.69) is 26.1 Å². The highest BCUT2D eigenvalue weighted by Crippen LogP contribution is 2.08. The molecular weight excluding hydrogens is 202 g/mol. The minimum Gasteiger partial charge on any atom is -0.394 e. The zero-order valence-electron chi connectivity index (χ0n) is 11.4. The van der Waals surface area contributed by atoms with Crippen LogP contribution in [0.25, 0.3) is 0 Å². The highest BCUT2D eigenvalue weighted by molar-refractivity contribution is 4.81. The van der Waals surface area contributed by atoms with Crippen molar-refractivity contribution in [2.75, 3.05) is 26.4 Å². The van der Waals surface area contributed by atoms with Crippen molar-refractivity contribution in [1.82, 2.24) is 5.32 Å². The summed E-state index contributed by atoms with van der Waals surface area (Å²) >= 11 is 0. The van der Waals surface area contributed by atoms with E-state index >= 15 is 0 Å². The molecule has 0 aromatic carbocycles. The first-order chi connectivity index (χ1) is 7.58. The summed E-state index contributed by atoms with van der Waals surface area (Å²) in [5.41, 5.74) is -0.290. The van der Waals surface area contributed by atoms with Gasteiger partial charge in [0, 0.05) is 6.61 Å². The van der Waals surface area contributed by atoms with Crippen LogP contribution in [0.2, 0.25) is 0 Å². The van der Waals surface area contributed by atoms with E-state index in [1.165, 1.54) is 12.8 Å². The van der Waals surface area contributed by atoms with Gasteiger partial charge < -0.3 is 15.2 Å². The maximum absolute atomic E-state index is 9.34. The Hall–Kier alpha value is -0.120. The quantitative estimate of drug-likeness (QED) is 0.605. The van der Waals surface area contributed by atoms with Crippen molar-refractivity contribution in [3.05, 3.63) is 0 Å². The van der Waals surface area contributed by atoms with Crippen molar-refractivity contribution in [3.8, 4) is 0 Å². The van der Waals surface area contributed by atoms with Gasteiger partial charge in [-0.05, 0) is 32.2 Å². The number of nitrogens with one attached hydrogen (secondary N) is 1. The van der Waals surface area contributed by atoms with E-state index in [1.807, 2.05) is 6.92 Å². The predicted octanol–water partition coefficient (Wildman–Crippen LogP) is 2.19. The van der Waals surface area contributed by atoms with Gasteiger partial charge in [0.1, 0.15) is 0 Å². The van der Waals surface area contributed by atoms with E-state index in [0.29, 0.717) is 12.5 Å². The molecule has 0 amide bonds. The maximum Gasteiger partial charge on any atom is 0.0668 e. The monoisotopic (exact) mass is 231 g/mol. The van der Waals surface area contributed by atoms with Crippen molar-refractivity contribution >= 4 is 0 Å². The molecule has 2 atom stereocenters. The summed E-state index contributed by atoms with van der Waals surface area (Å²) < 4.78 is 5.68. The Balaban J connectivity index is 3.76. The van der Waals surface area contributed by atoms with Crippen LogP contribution in [-0.4, -0.2) is 37.0 Å². The fraction of sp³-hybridized carbons (Fsp3) is 1.00. The molecule has 0 spiro atoms. The van der Waals surface area contributed by atoms with Crippen LogP contribution in [0.5, 0.6) is 0 Å². The lowest BCUT2D eigenvalue weighted by Gasteiger charge is -2.29. The number of hydrogen-bond acceptors (Lipinski definition) is 3. The lowest BCUT2D eigenvalue weighted by Crippen LogP contribution is -2.50. The molecule has 0 saturated heterocycles. The van der Waals surface area contributed by atoms with Crippen molar-refractivity contribution in [2.24, 2.45) is 5.92 Å². The standard InChI is InChI=1S/C13H29NO2/c1-5-7-12(3)9-16-11-13(4,10-15)14-8-6-2/h12,14-15H,5-11H2,1-4H3. The van der Waals surface area contributed by atoms with Gasteiger partial charge in [-0.3, -0.25) is 0 Å². The van der Waals surface area contributed by atoms with Crippen LogP contribution < -0.4 is 5.32 Å². The summed E-state index contributed by atoms with van der Waals surface area (Å²) in [6.07, 6.45) is 3.48. The molecule has 0 aliphatic heterocycles. The Kier molecular flexibility index (Phi) is 8.90. The molecule has 16 heavy (non-hydrogen) atoms. The molecule has 0 fully saturated rings. The summed E-state index contributed by atoms with van der Waals surface area (Å²) in [7, 11) is 0. The Morgan fingerprint density at radius 2 is 2.00 bits per heavy atom. The second-order valence-electron chi connectivity index (χ2n) is 5.05. The average Bonchev–Trinajstić information content (AvgIpc) is 2.27. The Bertz CT molecular complexity index is 164. The third-order valence-electron chi connectivity index (χ3n) is 2.76. The second-order valence-corrected chi connectivity index (χ2v) is 5.05. The molecular formula is C13H29NO2. The topological polar surface area (TPSA) is 41.5 Å². The summed E-state index contributed by atoms with van der Waals surface area (Å²) in [5, 5.41) is 12.7. The van der Waals surface area contributed by atoms with Crippen LogP contribution in [0, 0.1) is 5.92 Å². The molecule has 0 radical (unpaired) electrons. The Morgan fingerprint density at radius 1 is 1.31 bits per heavy atom. The smallest absolute Gasteiger partial charge is 0.0668 e. The highest BCUT2D eigenvalue weighted by atomic mass is 16.5. The first kappa shape index (κ1) is 15.9. The molecule has 0 saturated carbocycles. The molecule has 0 rings (SSSR count). The average molecular weight is 231 g/mol. The molecule has 98 valence electrons. The fourth-order valence-electron chi connectivity index (χ4n) is 1.64. The van der Waals surface area contributed by atoms with E-state index in [1.54, 1.807) is 0 Å². The Morgan fingerprint density at radius 3 is 2.50 bits per heavy atom. The number of aliphatic hydroxyl groups is 1. The zero-order valence-corrected chi connectivity index (χ0v) is 11.4. The van der Waals surface area contributed by atoms with Gasteiger partial charge in [0.05, 0.1) is 18.8 Å². The lowest BCUT2D eigenvalue weighted by atomic mass is 10.0. The maximum atomic E-state index is 9.34. The molecule has 2 N–H and O–H groups in total. The minimum absolute atomic E-state index is 0.120. The summed E-state index contributed by atoms with van der Waals surface area (Å²) in [6, 6.07) is 0. The number of rotatable bonds is 10. The van der Waals surface area contributed by atoms with Gasteiger partial charge in [-0.1, -0.05) is 27.2 Å². The molecule has 0 aliphatic carbocycles. The fourth-order valence-corrected chi connectivity index (χ4v) is 1.64. The predicted molar refractivity (Wildman–Crippen MR) is 68.7 cm³/mol. The van der Waals surface area contributed by atoms with Crippen LogP contribution in [0.3, 0.4) is 0 Å². The van der Waals surface area contributed by atoms with Gasteiger partial charge in [0.25, 0.3) is 0 Å². The molecule has 0 aromatic rings. The van der Waals surface area contributed by atoms with E-state index in [0.717, 1.165) is 19.6 Å². The van der Waals surface area contributed by atoms with Crippen LogP contribution in [0.4, 0.5) is 0 Å². The van der Waals surface area contributed by atoms with E-state index in [-0.39, 0.29) is 12.1 Å². The SMILES string of the molecule is CCCNC(C)(CO)COCC(C)CCC. The van der Waals surface area contributed by atoms with Crippen molar-refractivity contribution < 1.29 is 9.84 Å². The van der Waals surface area contributed by atoms with Crippen LogP contribution in [0.1, 0.15) is 47.0 Å². The van der Waals surface area contributed by atoms with Crippen molar-refractivity contribution in [1.29, 1.82) is 0 Å². The third-order valence-corrected chi connectivity index (χ3v) is 2.76. The minimum atomic E-state index is -0.290. The van der Waals surface area contributed by atoms with Gasteiger partial charge >= 0.3 is 0 Å². The molecule has 0 aromatic heterocycles. The van der Waals surface area contributed by atoms with Gasteiger partial charge in [-0.15, -0.1) is 0 Å². The van der Waals surface area contributed by atoms with Gasteiger partial charge in [0.2, 0.25) is 0 Å². The first-order valence-electron chi connectivity index (χ1n) is 6.51. The summed E-state index contributed by atoms with van der Waals surface area (Å²) in [5.74, 6) is 0.610. The molecule has 3 nitrogen and oxygen atoms in total. The zero-order chi connectivity index (χ0) is 12.4. The van der Waals surface area contributed by atoms with Crippen LogP contribution in [0.15, 0.2) is 0 Å². The lowest BCUT2D eigenvalue weighted by molar-refractivity contribution is 0.0292. The third kappa shape index (κ3) is 7.20. The second kappa shape index (κ2) is 8.97. The molecule has 0 heterocycles. The van der Waals surface area contributed by atoms with Crippen LogP contribution >= 0.6 is 0 Å². The number of aliphatic hydroxyl groups excluding tert-OH is 1. The number of hydrogen-bond donors (Lipinski definition) is 2.